The SMILES string of the molecule is Cc1[nH]c(-c2ccc(F)cc2)c(-c2ccccc2)c1C(=O)Nc1ccccc1. The topological polar surface area (TPSA) is 44.9 Å². The normalized spacial score (nSPS) is 10.6. The van der Waals surface area contributed by atoms with E-state index in [1.165, 1.54) is 12.1 Å². The summed E-state index contributed by atoms with van der Waals surface area (Å²) in [5.41, 5.74) is 5.41. The standard InChI is InChI=1S/C24H19FN2O/c1-16-21(24(28)27-20-10-6-3-7-11-20)22(17-8-4-2-5-9-17)23(26-16)18-12-14-19(25)15-13-18/h2-15,26H,1H3,(H,27,28). The van der Waals surface area contributed by atoms with Crippen molar-refractivity contribution >= 4 is 11.6 Å². The van der Waals surface area contributed by atoms with Crippen LogP contribution in [0.4, 0.5) is 10.1 Å². The van der Waals surface area contributed by atoms with Crippen LogP contribution in [0.1, 0.15) is 16.1 Å². The molecular formula is C24H19FN2O. The van der Waals surface area contributed by atoms with E-state index in [0.717, 1.165) is 33.8 Å². The Hall–Kier alpha value is -3.66. The number of para-hydroxylation sites is 1. The average molecular weight is 370 g/mol. The monoisotopic (exact) mass is 370 g/mol. The van der Waals surface area contributed by atoms with Gasteiger partial charge in [-0.3, -0.25) is 4.79 Å². The fourth-order valence-electron chi connectivity index (χ4n) is 3.35. The van der Waals surface area contributed by atoms with Crippen molar-refractivity contribution in [3.8, 4) is 22.4 Å². The average Bonchev–Trinajstić information content (AvgIpc) is 3.07. The second-order valence-corrected chi connectivity index (χ2v) is 6.57. The van der Waals surface area contributed by atoms with Crippen LogP contribution < -0.4 is 5.32 Å². The van der Waals surface area contributed by atoms with Crippen LogP contribution in [0.3, 0.4) is 0 Å². The smallest absolute Gasteiger partial charge is 0.258 e. The number of aryl methyl sites for hydroxylation is 1. The summed E-state index contributed by atoms with van der Waals surface area (Å²) in [6.45, 7) is 1.87. The van der Waals surface area contributed by atoms with Gasteiger partial charge in [0.25, 0.3) is 5.91 Å². The molecule has 0 saturated heterocycles. The zero-order chi connectivity index (χ0) is 19.5. The van der Waals surface area contributed by atoms with Gasteiger partial charge in [0.1, 0.15) is 5.82 Å². The number of anilines is 1. The Labute approximate surface area is 162 Å². The lowest BCUT2D eigenvalue weighted by Crippen LogP contribution is -2.13. The molecule has 4 rings (SSSR count). The van der Waals surface area contributed by atoms with Gasteiger partial charge in [-0.1, -0.05) is 48.5 Å². The first-order valence-electron chi connectivity index (χ1n) is 9.04. The fourth-order valence-corrected chi connectivity index (χ4v) is 3.35. The van der Waals surface area contributed by atoms with Gasteiger partial charge in [0.2, 0.25) is 0 Å². The first-order valence-corrected chi connectivity index (χ1v) is 9.04. The summed E-state index contributed by atoms with van der Waals surface area (Å²) in [5.74, 6) is -0.484. The lowest BCUT2D eigenvalue weighted by atomic mass is 9.96. The number of aromatic amines is 1. The first-order chi connectivity index (χ1) is 13.6. The maximum Gasteiger partial charge on any atom is 0.258 e. The number of hydrogen-bond donors (Lipinski definition) is 2. The van der Waals surface area contributed by atoms with Crippen molar-refractivity contribution in [2.24, 2.45) is 0 Å². The Bertz CT molecular complexity index is 1100. The molecular weight excluding hydrogens is 351 g/mol. The third kappa shape index (κ3) is 3.45. The molecule has 0 aliphatic rings. The summed E-state index contributed by atoms with van der Waals surface area (Å²) >= 11 is 0. The van der Waals surface area contributed by atoms with Crippen molar-refractivity contribution in [2.45, 2.75) is 6.92 Å². The molecule has 0 radical (unpaired) electrons. The number of nitrogens with one attached hydrogen (secondary N) is 2. The Morgan fingerprint density at radius 2 is 1.43 bits per heavy atom. The number of halogens is 1. The first kappa shape index (κ1) is 17.7. The minimum atomic E-state index is -0.296. The van der Waals surface area contributed by atoms with Crippen molar-refractivity contribution in [3.05, 3.63) is 102 Å². The van der Waals surface area contributed by atoms with Crippen LogP contribution in [0.25, 0.3) is 22.4 Å². The predicted octanol–water partition coefficient (Wildman–Crippen LogP) is 6.05. The van der Waals surface area contributed by atoms with E-state index in [0.29, 0.717) is 5.56 Å². The molecule has 0 spiro atoms. The summed E-state index contributed by atoms with van der Waals surface area (Å²) in [6.07, 6.45) is 0. The van der Waals surface area contributed by atoms with Crippen LogP contribution in [0.15, 0.2) is 84.9 Å². The van der Waals surface area contributed by atoms with Gasteiger partial charge in [-0.15, -0.1) is 0 Å². The van der Waals surface area contributed by atoms with Gasteiger partial charge in [-0.05, 0) is 54.4 Å². The summed E-state index contributed by atoms with van der Waals surface area (Å²) in [5, 5.41) is 2.96. The molecule has 0 atom stereocenters. The second-order valence-electron chi connectivity index (χ2n) is 6.57. The highest BCUT2D eigenvalue weighted by molar-refractivity contribution is 6.12. The van der Waals surface area contributed by atoms with E-state index < -0.39 is 0 Å². The minimum absolute atomic E-state index is 0.188. The molecule has 0 unspecified atom stereocenters. The Balaban J connectivity index is 1.86. The van der Waals surface area contributed by atoms with E-state index in [1.54, 1.807) is 12.1 Å². The van der Waals surface area contributed by atoms with Crippen molar-refractivity contribution in [2.75, 3.05) is 5.32 Å². The van der Waals surface area contributed by atoms with Gasteiger partial charge in [0, 0.05) is 16.9 Å². The fraction of sp³-hybridized carbons (Fsp3) is 0.0417. The predicted molar refractivity (Wildman–Crippen MR) is 111 cm³/mol. The van der Waals surface area contributed by atoms with E-state index in [9.17, 15) is 9.18 Å². The molecule has 0 aliphatic heterocycles. The van der Waals surface area contributed by atoms with Crippen molar-refractivity contribution in [1.29, 1.82) is 0 Å². The Morgan fingerprint density at radius 1 is 0.821 bits per heavy atom. The van der Waals surface area contributed by atoms with Crippen LogP contribution >= 0.6 is 0 Å². The number of H-pyrrole nitrogens is 1. The van der Waals surface area contributed by atoms with Crippen molar-refractivity contribution in [1.82, 2.24) is 4.98 Å². The van der Waals surface area contributed by atoms with Gasteiger partial charge in [-0.2, -0.15) is 0 Å². The summed E-state index contributed by atoms with van der Waals surface area (Å²) in [6, 6.07) is 25.4. The molecule has 3 nitrogen and oxygen atoms in total. The van der Waals surface area contributed by atoms with Crippen LogP contribution in [0.5, 0.6) is 0 Å². The zero-order valence-electron chi connectivity index (χ0n) is 15.4. The van der Waals surface area contributed by atoms with E-state index >= 15 is 0 Å². The molecule has 4 heteroatoms. The van der Waals surface area contributed by atoms with E-state index in [-0.39, 0.29) is 11.7 Å². The maximum absolute atomic E-state index is 13.4. The second kappa shape index (κ2) is 7.53. The highest BCUT2D eigenvalue weighted by Crippen LogP contribution is 2.37. The highest BCUT2D eigenvalue weighted by atomic mass is 19.1. The molecule has 3 aromatic carbocycles. The third-order valence-electron chi connectivity index (χ3n) is 4.64. The van der Waals surface area contributed by atoms with Crippen LogP contribution in [-0.2, 0) is 0 Å². The molecule has 1 amide bonds. The van der Waals surface area contributed by atoms with E-state index in [2.05, 4.69) is 10.3 Å². The van der Waals surface area contributed by atoms with Crippen molar-refractivity contribution < 1.29 is 9.18 Å². The Morgan fingerprint density at radius 3 is 2.07 bits per heavy atom. The molecule has 0 bridgehead atoms. The minimum Gasteiger partial charge on any atom is -0.357 e. The van der Waals surface area contributed by atoms with Gasteiger partial charge >= 0.3 is 0 Å². The van der Waals surface area contributed by atoms with Gasteiger partial charge in [0.15, 0.2) is 0 Å². The Kier molecular flexibility index (Phi) is 4.77. The summed E-state index contributed by atoms with van der Waals surface area (Å²) < 4.78 is 13.4. The number of hydrogen-bond acceptors (Lipinski definition) is 1. The highest BCUT2D eigenvalue weighted by Gasteiger charge is 2.23. The quantitative estimate of drug-likeness (QED) is 0.451. The largest absolute Gasteiger partial charge is 0.357 e. The van der Waals surface area contributed by atoms with Crippen molar-refractivity contribution in [3.63, 3.8) is 0 Å². The number of amides is 1. The van der Waals surface area contributed by atoms with Gasteiger partial charge in [-0.25, -0.2) is 4.39 Å². The van der Waals surface area contributed by atoms with Crippen LogP contribution in [0, 0.1) is 12.7 Å². The van der Waals surface area contributed by atoms with Crippen LogP contribution in [-0.4, -0.2) is 10.9 Å². The summed E-state index contributed by atoms with van der Waals surface area (Å²) in [4.78, 5) is 16.5. The lowest BCUT2D eigenvalue weighted by molar-refractivity contribution is 0.102. The van der Waals surface area contributed by atoms with Crippen LogP contribution in [0.2, 0.25) is 0 Å². The molecule has 1 heterocycles. The number of aromatic nitrogens is 1. The van der Waals surface area contributed by atoms with Gasteiger partial charge < -0.3 is 10.3 Å². The molecule has 0 aliphatic carbocycles. The number of carbonyl (C=O) groups excluding carboxylic acids is 1. The molecule has 0 fully saturated rings. The summed E-state index contributed by atoms with van der Waals surface area (Å²) in [7, 11) is 0. The van der Waals surface area contributed by atoms with E-state index in [4.69, 9.17) is 0 Å². The molecule has 0 saturated carbocycles. The molecule has 4 aromatic rings. The number of benzene rings is 3. The molecule has 138 valence electrons. The molecule has 2 N–H and O–H groups in total. The lowest BCUT2D eigenvalue weighted by Gasteiger charge is -2.10. The van der Waals surface area contributed by atoms with E-state index in [1.807, 2.05) is 67.6 Å². The maximum atomic E-state index is 13.4. The number of carbonyl (C=O) groups is 1. The van der Waals surface area contributed by atoms with Gasteiger partial charge in [0.05, 0.1) is 11.3 Å². The third-order valence-corrected chi connectivity index (χ3v) is 4.64. The molecule has 1 aromatic heterocycles. The zero-order valence-corrected chi connectivity index (χ0v) is 15.4. The molecule has 28 heavy (non-hydrogen) atoms. The number of rotatable bonds is 4.